The standard InChI is InChI=1S/C13H10N.C6H7.2ClH.Hf/c1-2-6-12-10-13(9-11(12)5-1)14-7-3-4-8-14;1-6-4-2-3-5-6;;;/h1-10H;2,4H,3H2,1H3;2*1H;/q;;;;+2/p-2. The third-order valence-electron chi connectivity index (χ3n) is 4.29. The van der Waals surface area contributed by atoms with Gasteiger partial charge in [-0.05, 0) is 0 Å². The van der Waals surface area contributed by atoms with Crippen molar-refractivity contribution in [2.24, 2.45) is 0 Å². The van der Waals surface area contributed by atoms with Crippen molar-refractivity contribution >= 4 is 11.8 Å². The molecule has 0 amide bonds. The van der Waals surface area contributed by atoms with Crippen molar-refractivity contribution < 1.29 is 47.7 Å². The average Bonchev–Trinajstić information content (AvgIpc) is 3.21. The fraction of sp³-hybridized carbons (Fsp3) is 0.158. The summed E-state index contributed by atoms with van der Waals surface area (Å²) in [6.45, 7) is 2.28. The van der Waals surface area contributed by atoms with E-state index in [9.17, 15) is 0 Å². The molecular weight excluding hydrogens is 492 g/mol. The molecule has 23 heavy (non-hydrogen) atoms. The van der Waals surface area contributed by atoms with Crippen LogP contribution in [0.4, 0.5) is 0 Å². The van der Waals surface area contributed by atoms with Gasteiger partial charge in [0.25, 0.3) is 0 Å². The summed E-state index contributed by atoms with van der Waals surface area (Å²) in [6.07, 6.45) is 12.6. The van der Waals surface area contributed by atoms with Crippen LogP contribution in [0.1, 0.15) is 28.1 Å². The quantitative estimate of drug-likeness (QED) is 0.463. The Labute approximate surface area is 161 Å². The first-order valence-corrected chi connectivity index (χ1v) is 11.3. The number of hydrogen-bond acceptors (Lipinski definition) is 0. The van der Waals surface area contributed by atoms with Crippen LogP contribution in [0.25, 0.3) is 11.8 Å². The zero-order chi connectivity index (χ0) is 14.2. The first-order chi connectivity index (χ1) is 10.3. The van der Waals surface area contributed by atoms with Crippen molar-refractivity contribution in [3.05, 3.63) is 81.0 Å². The van der Waals surface area contributed by atoms with Crippen molar-refractivity contribution in [1.82, 2.24) is 4.57 Å². The third-order valence-corrected chi connectivity index (χ3v) is 10.9. The molecule has 1 unspecified atom stereocenters. The van der Waals surface area contributed by atoms with E-state index in [1.807, 2.05) is 0 Å². The van der Waals surface area contributed by atoms with E-state index in [0.717, 1.165) is 0 Å². The molecule has 1 aromatic heterocycles. The molecule has 1 nitrogen and oxygen atoms in total. The van der Waals surface area contributed by atoms with Crippen LogP contribution >= 0.6 is 0 Å². The predicted octanol–water partition coefficient (Wildman–Crippen LogP) is -1.13. The molecule has 1 atom stereocenters. The Morgan fingerprint density at radius 3 is 2.48 bits per heavy atom. The van der Waals surface area contributed by atoms with E-state index in [1.165, 1.54) is 23.3 Å². The third kappa shape index (κ3) is 3.50. The zero-order valence-electron chi connectivity index (χ0n) is 12.8. The minimum Gasteiger partial charge on any atom is -1.00 e. The molecule has 2 aliphatic carbocycles. The minimum atomic E-state index is -0.917. The normalized spacial score (nSPS) is 18.0. The maximum Gasteiger partial charge on any atom is -1.00 e. The maximum atomic E-state index is 2.39. The molecule has 1 aromatic carbocycles. The number of allylic oxidation sites excluding steroid dienone is 5. The van der Waals surface area contributed by atoms with E-state index in [1.54, 1.807) is 8.89 Å². The van der Waals surface area contributed by atoms with Crippen molar-refractivity contribution in [2.45, 2.75) is 17.0 Å². The van der Waals surface area contributed by atoms with Crippen LogP contribution in [0, 0.1) is 0 Å². The molecule has 0 radical (unpaired) electrons. The Balaban J connectivity index is 0.000000960. The van der Waals surface area contributed by atoms with Crippen LogP contribution in [-0.2, 0) is 22.9 Å². The number of aromatic nitrogens is 1. The van der Waals surface area contributed by atoms with Crippen molar-refractivity contribution in [2.75, 3.05) is 0 Å². The van der Waals surface area contributed by atoms with Crippen molar-refractivity contribution in [1.29, 1.82) is 0 Å². The number of hydrogen-bond donors (Lipinski definition) is 0. The second kappa shape index (κ2) is 7.83. The summed E-state index contributed by atoms with van der Waals surface area (Å²) < 4.78 is 4.75. The fourth-order valence-corrected chi connectivity index (χ4v) is 9.24. The van der Waals surface area contributed by atoms with Gasteiger partial charge in [-0.3, -0.25) is 0 Å². The van der Waals surface area contributed by atoms with E-state index in [0.29, 0.717) is 3.67 Å². The summed E-state index contributed by atoms with van der Waals surface area (Å²) in [6, 6.07) is 13.2. The summed E-state index contributed by atoms with van der Waals surface area (Å²) >= 11 is -0.917. The van der Waals surface area contributed by atoms with Crippen LogP contribution in [0.5, 0.6) is 0 Å². The molecule has 2 aliphatic rings. The molecular formula is C19H17Cl2HfN. The number of nitrogens with zero attached hydrogens (tertiary/aromatic N) is 1. The van der Waals surface area contributed by atoms with Crippen molar-refractivity contribution in [3.8, 4) is 0 Å². The molecule has 116 valence electrons. The molecule has 0 saturated carbocycles. The van der Waals surface area contributed by atoms with Gasteiger partial charge in [0, 0.05) is 0 Å². The summed E-state index contributed by atoms with van der Waals surface area (Å²) in [5.41, 5.74) is 5.99. The van der Waals surface area contributed by atoms with Gasteiger partial charge in [0.05, 0.1) is 0 Å². The van der Waals surface area contributed by atoms with Gasteiger partial charge in [-0.25, -0.2) is 0 Å². The molecule has 0 aliphatic heterocycles. The molecule has 0 N–H and O–H groups in total. The Morgan fingerprint density at radius 1 is 1.04 bits per heavy atom. The van der Waals surface area contributed by atoms with Gasteiger partial charge in [-0.2, -0.15) is 0 Å². The largest absolute Gasteiger partial charge is 1.00 e. The Kier molecular flexibility index (Phi) is 6.30. The summed E-state index contributed by atoms with van der Waals surface area (Å²) in [4.78, 5) is 0. The minimum absolute atomic E-state index is 0. The number of benzene rings is 1. The van der Waals surface area contributed by atoms with E-state index in [-0.39, 0.29) is 24.8 Å². The monoisotopic (exact) mass is 509 g/mol. The zero-order valence-corrected chi connectivity index (χ0v) is 17.9. The molecule has 0 saturated heterocycles. The van der Waals surface area contributed by atoms with Gasteiger partial charge in [0.2, 0.25) is 0 Å². The molecule has 2 aromatic rings. The molecule has 1 heterocycles. The van der Waals surface area contributed by atoms with Gasteiger partial charge in [-0.15, -0.1) is 0 Å². The second-order valence-corrected chi connectivity index (χ2v) is 10.9. The smallest absolute Gasteiger partial charge is 1.00 e. The summed E-state index contributed by atoms with van der Waals surface area (Å²) in [7, 11) is 0. The van der Waals surface area contributed by atoms with E-state index < -0.39 is 22.9 Å². The van der Waals surface area contributed by atoms with Crippen LogP contribution < -0.4 is 24.8 Å². The molecule has 4 rings (SSSR count). The summed E-state index contributed by atoms with van der Waals surface area (Å²) in [5.74, 6) is 0. The Hall–Kier alpha value is -0.830. The van der Waals surface area contributed by atoms with Gasteiger partial charge < -0.3 is 24.8 Å². The van der Waals surface area contributed by atoms with Crippen molar-refractivity contribution in [3.63, 3.8) is 0 Å². The van der Waals surface area contributed by atoms with E-state index in [4.69, 9.17) is 0 Å². The number of halogens is 2. The van der Waals surface area contributed by atoms with Crippen LogP contribution in [-0.4, -0.2) is 4.57 Å². The first kappa shape index (κ1) is 18.5. The van der Waals surface area contributed by atoms with Gasteiger partial charge in [0.1, 0.15) is 0 Å². The number of fused-ring (bicyclic) bond motifs is 1. The van der Waals surface area contributed by atoms with E-state index >= 15 is 0 Å². The molecule has 4 heteroatoms. The molecule has 0 spiro atoms. The average molecular weight is 509 g/mol. The van der Waals surface area contributed by atoms with Crippen LogP contribution in [0.2, 0.25) is 0 Å². The maximum absolute atomic E-state index is 2.39. The van der Waals surface area contributed by atoms with Crippen LogP contribution in [0.3, 0.4) is 0 Å². The van der Waals surface area contributed by atoms with Gasteiger partial charge >= 0.3 is 137 Å². The number of rotatable bonds is 3. The fourth-order valence-electron chi connectivity index (χ4n) is 3.15. The summed E-state index contributed by atoms with van der Waals surface area (Å²) in [5, 5.41) is 0. The first-order valence-electron chi connectivity index (χ1n) is 7.39. The topological polar surface area (TPSA) is 4.93 Å². The SMILES string of the molecule is CC1=[C]([Hf+2][CH]2C(n3cccc3)=Cc3ccccc32)CC=C1.[Cl-].[Cl-]. The van der Waals surface area contributed by atoms with Gasteiger partial charge in [-0.1, -0.05) is 0 Å². The van der Waals surface area contributed by atoms with Crippen LogP contribution in [0.15, 0.2) is 69.8 Å². The van der Waals surface area contributed by atoms with E-state index in [2.05, 4.69) is 78.5 Å². The molecule has 0 fully saturated rings. The Bertz CT molecular complexity index is 772. The molecule has 0 bridgehead atoms. The van der Waals surface area contributed by atoms with Gasteiger partial charge in [0.15, 0.2) is 0 Å². The predicted molar refractivity (Wildman–Crippen MR) is 84.2 cm³/mol. The Morgan fingerprint density at radius 2 is 1.78 bits per heavy atom. The second-order valence-electron chi connectivity index (χ2n) is 5.63.